The predicted octanol–water partition coefficient (Wildman–Crippen LogP) is 2.74. The van der Waals surface area contributed by atoms with Crippen LogP contribution in [0, 0.1) is 6.92 Å². The molecule has 14 heavy (non-hydrogen) atoms. The molecule has 1 aromatic rings. The average molecular weight is 277 g/mol. The summed E-state index contributed by atoms with van der Waals surface area (Å²) in [6.45, 7) is 5.86. The molecule has 5 heteroatoms. The van der Waals surface area contributed by atoms with Crippen LogP contribution in [-0.2, 0) is 11.2 Å². The second kappa shape index (κ2) is 4.89. The van der Waals surface area contributed by atoms with Gasteiger partial charge in [0.2, 0.25) is 5.91 Å². The lowest BCUT2D eigenvalue weighted by Crippen LogP contribution is -2.19. The number of aryl methyl sites for hydroxylation is 2. The number of hydrogen-bond acceptors (Lipinski definition) is 3. The zero-order valence-electron chi connectivity index (χ0n) is 8.43. The van der Waals surface area contributed by atoms with Crippen molar-refractivity contribution in [2.45, 2.75) is 32.0 Å². The van der Waals surface area contributed by atoms with Gasteiger partial charge in [0, 0.05) is 4.88 Å². The largest absolute Gasteiger partial charge is 0.301 e. The zero-order chi connectivity index (χ0) is 10.7. The van der Waals surface area contributed by atoms with E-state index in [1.54, 1.807) is 6.92 Å². The molecule has 0 radical (unpaired) electrons. The van der Waals surface area contributed by atoms with Crippen LogP contribution in [0.15, 0.2) is 0 Å². The van der Waals surface area contributed by atoms with Gasteiger partial charge in [0.25, 0.3) is 0 Å². The maximum Gasteiger partial charge on any atom is 0.239 e. The van der Waals surface area contributed by atoms with Crippen molar-refractivity contribution in [1.82, 2.24) is 4.98 Å². The van der Waals surface area contributed by atoms with Crippen molar-refractivity contribution >= 4 is 38.3 Å². The SMILES string of the molecule is CCc1nc(NC(=O)C(C)Br)sc1C. The second-order valence-corrected chi connectivity index (χ2v) is 5.56. The van der Waals surface area contributed by atoms with Crippen LogP contribution in [0.2, 0.25) is 0 Å². The predicted molar refractivity (Wildman–Crippen MR) is 63.2 cm³/mol. The molecule has 1 amide bonds. The van der Waals surface area contributed by atoms with Crippen LogP contribution in [0.25, 0.3) is 0 Å². The monoisotopic (exact) mass is 276 g/mol. The number of nitrogens with one attached hydrogen (secondary N) is 1. The molecule has 0 saturated heterocycles. The Morgan fingerprint density at radius 3 is 2.79 bits per heavy atom. The summed E-state index contributed by atoms with van der Waals surface area (Å²) >= 11 is 4.73. The van der Waals surface area contributed by atoms with Crippen molar-refractivity contribution < 1.29 is 4.79 Å². The van der Waals surface area contributed by atoms with Crippen LogP contribution in [0.1, 0.15) is 24.4 Å². The quantitative estimate of drug-likeness (QED) is 0.863. The number of carbonyl (C=O) groups excluding carboxylic acids is 1. The first-order chi connectivity index (χ1) is 6.54. The van der Waals surface area contributed by atoms with Crippen molar-refractivity contribution in [3.05, 3.63) is 10.6 Å². The molecule has 3 nitrogen and oxygen atoms in total. The summed E-state index contributed by atoms with van der Waals surface area (Å²) in [5.74, 6) is -0.0543. The maximum atomic E-state index is 11.3. The molecule has 0 aliphatic heterocycles. The molecule has 1 atom stereocenters. The number of nitrogens with zero attached hydrogens (tertiary/aromatic N) is 1. The van der Waals surface area contributed by atoms with Crippen LogP contribution in [-0.4, -0.2) is 15.7 Å². The number of alkyl halides is 1. The summed E-state index contributed by atoms with van der Waals surface area (Å²) in [5.41, 5.74) is 1.06. The summed E-state index contributed by atoms with van der Waals surface area (Å²) in [4.78, 5) is 16.6. The number of anilines is 1. The van der Waals surface area contributed by atoms with Gasteiger partial charge in [-0.1, -0.05) is 22.9 Å². The van der Waals surface area contributed by atoms with Crippen molar-refractivity contribution in [2.75, 3.05) is 5.32 Å². The summed E-state index contributed by atoms with van der Waals surface area (Å²) in [7, 11) is 0. The van der Waals surface area contributed by atoms with E-state index in [1.807, 2.05) is 6.92 Å². The Kier molecular flexibility index (Phi) is 4.07. The summed E-state index contributed by atoms with van der Waals surface area (Å²) < 4.78 is 0. The normalized spacial score (nSPS) is 12.6. The van der Waals surface area contributed by atoms with E-state index in [2.05, 4.69) is 33.2 Å². The van der Waals surface area contributed by atoms with E-state index in [0.717, 1.165) is 12.1 Å². The minimum atomic E-state index is -0.184. The summed E-state index contributed by atoms with van der Waals surface area (Å²) in [6.07, 6.45) is 0.905. The first-order valence-electron chi connectivity index (χ1n) is 4.45. The zero-order valence-corrected chi connectivity index (χ0v) is 10.8. The Morgan fingerprint density at radius 2 is 2.36 bits per heavy atom. The highest BCUT2D eigenvalue weighted by Gasteiger charge is 2.12. The number of thiazole rings is 1. The third kappa shape index (κ3) is 2.78. The third-order valence-corrected chi connectivity index (χ3v) is 3.16. The van der Waals surface area contributed by atoms with E-state index in [1.165, 1.54) is 16.2 Å². The Labute approximate surface area is 96.1 Å². The maximum absolute atomic E-state index is 11.3. The molecule has 0 aliphatic carbocycles. The number of carbonyl (C=O) groups is 1. The standard InChI is InChI=1S/C9H13BrN2OS/c1-4-7-6(3)14-9(11-7)12-8(13)5(2)10/h5H,4H2,1-3H3,(H,11,12,13). The van der Waals surface area contributed by atoms with Crippen LogP contribution in [0.5, 0.6) is 0 Å². The third-order valence-electron chi connectivity index (χ3n) is 1.82. The smallest absolute Gasteiger partial charge is 0.239 e. The molecule has 1 rings (SSSR count). The molecule has 0 saturated carbocycles. The van der Waals surface area contributed by atoms with Crippen LogP contribution < -0.4 is 5.32 Å². The highest BCUT2D eigenvalue weighted by Crippen LogP contribution is 2.22. The highest BCUT2D eigenvalue weighted by molar-refractivity contribution is 9.10. The molecular formula is C9H13BrN2OS. The second-order valence-electron chi connectivity index (χ2n) is 2.98. The molecule has 1 unspecified atom stereocenters. The minimum absolute atomic E-state index is 0.0543. The topological polar surface area (TPSA) is 42.0 Å². The van der Waals surface area contributed by atoms with Crippen molar-refractivity contribution in [2.24, 2.45) is 0 Å². The number of hydrogen-bond donors (Lipinski definition) is 1. The molecular weight excluding hydrogens is 264 g/mol. The number of halogens is 1. The number of rotatable bonds is 3. The Balaban J connectivity index is 2.73. The molecule has 0 aliphatic rings. The van der Waals surface area contributed by atoms with Gasteiger partial charge < -0.3 is 5.32 Å². The van der Waals surface area contributed by atoms with Crippen LogP contribution in [0.3, 0.4) is 0 Å². The molecule has 1 N–H and O–H groups in total. The lowest BCUT2D eigenvalue weighted by Gasteiger charge is -2.01. The van der Waals surface area contributed by atoms with Gasteiger partial charge in [0.05, 0.1) is 10.5 Å². The molecule has 0 spiro atoms. The molecule has 1 aromatic heterocycles. The van der Waals surface area contributed by atoms with Crippen LogP contribution in [0.4, 0.5) is 5.13 Å². The summed E-state index contributed by atoms with van der Waals surface area (Å²) in [5, 5.41) is 3.45. The molecule has 1 heterocycles. The van der Waals surface area contributed by atoms with Crippen LogP contribution >= 0.6 is 27.3 Å². The fourth-order valence-corrected chi connectivity index (χ4v) is 2.03. The van der Waals surface area contributed by atoms with E-state index >= 15 is 0 Å². The fourth-order valence-electron chi connectivity index (χ4n) is 1.01. The van der Waals surface area contributed by atoms with Gasteiger partial charge in [0.15, 0.2) is 5.13 Å². The number of aromatic nitrogens is 1. The van der Waals surface area contributed by atoms with Gasteiger partial charge >= 0.3 is 0 Å². The summed E-state index contributed by atoms with van der Waals surface area (Å²) in [6, 6.07) is 0. The number of amides is 1. The highest BCUT2D eigenvalue weighted by atomic mass is 79.9. The molecule has 0 aromatic carbocycles. The van der Waals surface area contributed by atoms with E-state index in [-0.39, 0.29) is 10.7 Å². The molecule has 0 bridgehead atoms. The van der Waals surface area contributed by atoms with Gasteiger partial charge in [-0.15, -0.1) is 11.3 Å². The average Bonchev–Trinajstić information content (AvgIpc) is 2.45. The van der Waals surface area contributed by atoms with E-state index in [0.29, 0.717) is 5.13 Å². The van der Waals surface area contributed by atoms with E-state index < -0.39 is 0 Å². The van der Waals surface area contributed by atoms with Gasteiger partial charge in [-0.2, -0.15) is 0 Å². The van der Waals surface area contributed by atoms with Gasteiger partial charge in [-0.05, 0) is 20.3 Å². The van der Waals surface area contributed by atoms with Crippen molar-refractivity contribution in [3.8, 4) is 0 Å². The molecule has 78 valence electrons. The van der Waals surface area contributed by atoms with E-state index in [4.69, 9.17) is 0 Å². The Hall–Kier alpha value is -0.420. The minimum Gasteiger partial charge on any atom is -0.301 e. The Bertz CT molecular complexity index is 336. The first-order valence-corrected chi connectivity index (χ1v) is 6.19. The first kappa shape index (κ1) is 11.7. The lowest BCUT2D eigenvalue weighted by atomic mass is 10.3. The fraction of sp³-hybridized carbons (Fsp3) is 0.556. The van der Waals surface area contributed by atoms with Gasteiger partial charge in [0.1, 0.15) is 0 Å². The van der Waals surface area contributed by atoms with Crippen molar-refractivity contribution in [3.63, 3.8) is 0 Å². The van der Waals surface area contributed by atoms with Gasteiger partial charge in [-0.3, -0.25) is 4.79 Å². The lowest BCUT2D eigenvalue weighted by molar-refractivity contribution is -0.115. The van der Waals surface area contributed by atoms with Gasteiger partial charge in [-0.25, -0.2) is 4.98 Å². The van der Waals surface area contributed by atoms with E-state index in [9.17, 15) is 4.79 Å². The molecule has 0 fully saturated rings. The van der Waals surface area contributed by atoms with Crippen molar-refractivity contribution in [1.29, 1.82) is 0 Å². The Morgan fingerprint density at radius 1 is 1.71 bits per heavy atom.